The Hall–Kier alpha value is -2.04. The molecule has 114 valence electrons. The minimum atomic E-state index is -0.836. The summed E-state index contributed by atoms with van der Waals surface area (Å²) in [5.41, 5.74) is 1.21. The predicted octanol–water partition coefficient (Wildman–Crippen LogP) is 2.97. The smallest absolute Gasteiger partial charge is 0.319 e. The maximum Gasteiger partial charge on any atom is 0.319 e. The molecule has 0 saturated heterocycles. The van der Waals surface area contributed by atoms with Gasteiger partial charge in [0.15, 0.2) is 0 Å². The summed E-state index contributed by atoms with van der Waals surface area (Å²) < 4.78 is 0. The zero-order chi connectivity index (χ0) is 15.7. The van der Waals surface area contributed by atoms with Gasteiger partial charge in [-0.15, -0.1) is 0 Å². The first-order valence-corrected chi connectivity index (χ1v) is 7.12. The van der Waals surface area contributed by atoms with Gasteiger partial charge in [-0.05, 0) is 36.0 Å². The van der Waals surface area contributed by atoms with Crippen molar-refractivity contribution in [2.45, 2.75) is 39.0 Å². The van der Waals surface area contributed by atoms with Crippen LogP contribution in [0, 0.1) is 5.41 Å². The van der Waals surface area contributed by atoms with Crippen LogP contribution in [0.4, 0.5) is 10.5 Å². The molecule has 0 radical (unpaired) electrons. The number of benzene rings is 1. The molecular formula is C16H22N2O3. The summed E-state index contributed by atoms with van der Waals surface area (Å²) >= 11 is 0. The molecule has 1 aliphatic rings. The zero-order valence-corrected chi connectivity index (χ0v) is 12.7. The topological polar surface area (TPSA) is 78.4 Å². The number of nitrogens with one attached hydrogen (secondary N) is 2. The highest BCUT2D eigenvalue weighted by atomic mass is 16.4. The zero-order valence-electron chi connectivity index (χ0n) is 12.7. The Morgan fingerprint density at radius 2 is 1.76 bits per heavy atom. The molecule has 3 N–H and O–H groups in total. The highest BCUT2D eigenvalue weighted by Crippen LogP contribution is 2.45. The lowest BCUT2D eigenvalue weighted by Crippen LogP contribution is -2.36. The Bertz CT molecular complexity index is 540. The van der Waals surface area contributed by atoms with E-state index in [0.29, 0.717) is 18.5 Å². The molecule has 0 bridgehead atoms. The minimum Gasteiger partial charge on any atom is -0.481 e. The summed E-state index contributed by atoms with van der Waals surface area (Å²) in [5, 5.41) is 14.4. The first kappa shape index (κ1) is 15.4. The number of carbonyl (C=O) groups excluding carboxylic acids is 1. The number of amides is 2. The van der Waals surface area contributed by atoms with Gasteiger partial charge in [0.25, 0.3) is 0 Å². The van der Waals surface area contributed by atoms with E-state index in [4.69, 9.17) is 5.11 Å². The van der Waals surface area contributed by atoms with Gasteiger partial charge in [0, 0.05) is 12.2 Å². The van der Waals surface area contributed by atoms with Crippen LogP contribution in [0.3, 0.4) is 0 Å². The van der Waals surface area contributed by atoms with Gasteiger partial charge in [-0.3, -0.25) is 4.79 Å². The number of hydrogen-bond donors (Lipinski definition) is 3. The molecule has 1 fully saturated rings. The molecule has 0 heterocycles. The van der Waals surface area contributed by atoms with Gasteiger partial charge >= 0.3 is 12.0 Å². The second-order valence-corrected chi connectivity index (χ2v) is 6.72. The summed E-state index contributed by atoms with van der Waals surface area (Å²) in [4.78, 5) is 22.8. The Kier molecular flexibility index (Phi) is 3.94. The molecule has 0 aromatic heterocycles. The SMILES string of the molecule is CC(C)(C)c1ccc(NC(=O)NCC2(C(=O)O)CC2)cc1. The van der Waals surface area contributed by atoms with Crippen LogP contribution in [0.5, 0.6) is 0 Å². The first-order chi connectivity index (χ1) is 9.73. The van der Waals surface area contributed by atoms with E-state index in [1.165, 1.54) is 5.56 Å². The average molecular weight is 290 g/mol. The number of carboxylic acid groups (broad SMARTS) is 1. The molecule has 2 rings (SSSR count). The summed E-state index contributed by atoms with van der Waals surface area (Å²) in [6, 6.07) is 7.30. The number of carbonyl (C=O) groups is 2. The second-order valence-electron chi connectivity index (χ2n) is 6.72. The molecule has 0 atom stereocenters. The first-order valence-electron chi connectivity index (χ1n) is 7.12. The third kappa shape index (κ3) is 3.74. The van der Waals surface area contributed by atoms with E-state index in [9.17, 15) is 9.59 Å². The maximum absolute atomic E-state index is 11.8. The van der Waals surface area contributed by atoms with Crippen molar-refractivity contribution < 1.29 is 14.7 Å². The van der Waals surface area contributed by atoms with Crippen LogP contribution in [-0.2, 0) is 10.2 Å². The molecule has 1 aliphatic carbocycles. The Morgan fingerprint density at radius 3 is 2.19 bits per heavy atom. The maximum atomic E-state index is 11.8. The fourth-order valence-electron chi connectivity index (χ4n) is 2.10. The van der Waals surface area contributed by atoms with Gasteiger partial charge in [0.05, 0.1) is 5.41 Å². The quantitative estimate of drug-likeness (QED) is 0.797. The van der Waals surface area contributed by atoms with Crippen molar-refractivity contribution in [3.63, 3.8) is 0 Å². The lowest BCUT2D eigenvalue weighted by atomic mass is 9.87. The summed E-state index contributed by atoms with van der Waals surface area (Å²) in [5.74, 6) is -0.836. The van der Waals surface area contributed by atoms with Crippen molar-refractivity contribution in [3.8, 4) is 0 Å². The largest absolute Gasteiger partial charge is 0.481 e. The number of urea groups is 1. The van der Waals surface area contributed by atoms with E-state index in [2.05, 4.69) is 31.4 Å². The van der Waals surface area contributed by atoms with Crippen molar-refractivity contribution in [2.75, 3.05) is 11.9 Å². The molecule has 1 aromatic carbocycles. The van der Waals surface area contributed by atoms with Crippen LogP contribution < -0.4 is 10.6 Å². The Labute approximate surface area is 124 Å². The van der Waals surface area contributed by atoms with E-state index in [-0.39, 0.29) is 18.0 Å². The number of anilines is 1. The monoisotopic (exact) mass is 290 g/mol. The molecule has 0 unspecified atom stereocenters. The standard InChI is InChI=1S/C16H22N2O3/c1-15(2,3)11-4-6-12(7-5-11)18-14(21)17-10-16(8-9-16)13(19)20/h4-7H,8-10H2,1-3H3,(H,19,20)(H2,17,18,21). The van der Waals surface area contributed by atoms with E-state index in [1.807, 2.05) is 24.3 Å². The molecule has 0 aliphatic heterocycles. The van der Waals surface area contributed by atoms with Crippen molar-refractivity contribution in [3.05, 3.63) is 29.8 Å². The molecule has 5 nitrogen and oxygen atoms in total. The summed E-state index contributed by atoms with van der Waals surface area (Å²) in [6.45, 7) is 6.56. The summed E-state index contributed by atoms with van der Waals surface area (Å²) in [6.07, 6.45) is 1.26. The van der Waals surface area contributed by atoms with Crippen LogP contribution in [0.2, 0.25) is 0 Å². The van der Waals surface area contributed by atoms with Crippen LogP contribution in [0.25, 0.3) is 0 Å². The van der Waals surface area contributed by atoms with Crippen LogP contribution in [0.1, 0.15) is 39.2 Å². The molecule has 21 heavy (non-hydrogen) atoms. The van der Waals surface area contributed by atoms with Gasteiger partial charge < -0.3 is 15.7 Å². The molecular weight excluding hydrogens is 268 g/mol. The van der Waals surface area contributed by atoms with E-state index in [0.717, 1.165) is 0 Å². The van der Waals surface area contributed by atoms with Crippen molar-refractivity contribution in [2.24, 2.45) is 5.41 Å². The summed E-state index contributed by atoms with van der Waals surface area (Å²) in [7, 11) is 0. The normalized spacial score (nSPS) is 16.1. The fraction of sp³-hybridized carbons (Fsp3) is 0.500. The van der Waals surface area contributed by atoms with E-state index < -0.39 is 11.4 Å². The van der Waals surface area contributed by atoms with Gasteiger partial charge in [-0.25, -0.2) is 4.79 Å². The van der Waals surface area contributed by atoms with E-state index >= 15 is 0 Å². The van der Waals surface area contributed by atoms with Crippen LogP contribution >= 0.6 is 0 Å². The van der Waals surface area contributed by atoms with Gasteiger partial charge in [-0.2, -0.15) is 0 Å². The lowest BCUT2D eigenvalue weighted by Gasteiger charge is -2.19. The third-order valence-electron chi connectivity index (χ3n) is 3.90. The third-order valence-corrected chi connectivity index (χ3v) is 3.90. The number of carboxylic acids is 1. The van der Waals surface area contributed by atoms with Gasteiger partial charge in [-0.1, -0.05) is 32.9 Å². The van der Waals surface area contributed by atoms with Crippen molar-refractivity contribution in [1.82, 2.24) is 5.32 Å². The van der Waals surface area contributed by atoms with E-state index in [1.54, 1.807) is 0 Å². The highest BCUT2D eigenvalue weighted by Gasteiger charge is 2.50. The molecule has 0 spiro atoms. The van der Waals surface area contributed by atoms with Gasteiger partial charge in [0.2, 0.25) is 0 Å². The molecule has 1 saturated carbocycles. The highest BCUT2D eigenvalue weighted by molar-refractivity contribution is 5.90. The number of aliphatic carboxylic acids is 1. The van der Waals surface area contributed by atoms with Crippen molar-refractivity contribution >= 4 is 17.7 Å². The molecule has 2 amide bonds. The lowest BCUT2D eigenvalue weighted by molar-refractivity contribution is -0.143. The number of hydrogen-bond acceptors (Lipinski definition) is 2. The fourth-order valence-corrected chi connectivity index (χ4v) is 2.10. The Morgan fingerprint density at radius 1 is 1.19 bits per heavy atom. The van der Waals surface area contributed by atoms with Crippen molar-refractivity contribution in [1.29, 1.82) is 0 Å². The predicted molar refractivity (Wildman–Crippen MR) is 81.5 cm³/mol. The molecule has 5 heteroatoms. The van der Waals surface area contributed by atoms with Gasteiger partial charge in [0.1, 0.15) is 0 Å². The number of rotatable bonds is 4. The minimum absolute atomic E-state index is 0.0701. The average Bonchev–Trinajstić information content (AvgIpc) is 3.17. The van der Waals surface area contributed by atoms with Crippen LogP contribution in [0.15, 0.2) is 24.3 Å². The second kappa shape index (κ2) is 5.39. The Balaban J connectivity index is 1.87. The molecule has 1 aromatic rings. The van der Waals surface area contributed by atoms with Crippen LogP contribution in [-0.4, -0.2) is 23.7 Å².